The summed E-state index contributed by atoms with van der Waals surface area (Å²) in [7, 11) is 1.54. The Morgan fingerprint density at radius 1 is 0.947 bits per heavy atom. The molecular formula is C29H26O9. The first kappa shape index (κ1) is 25.0. The van der Waals surface area contributed by atoms with Crippen molar-refractivity contribution < 1.29 is 38.7 Å². The number of hydrogen-bond acceptors (Lipinski definition) is 9. The maximum absolute atomic E-state index is 13.1. The highest BCUT2D eigenvalue weighted by molar-refractivity contribution is 5.93. The fourth-order valence-electron chi connectivity index (χ4n) is 4.54. The van der Waals surface area contributed by atoms with Crippen LogP contribution in [0, 0.1) is 5.92 Å². The first-order valence-corrected chi connectivity index (χ1v) is 12.0. The Morgan fingerprint density at radius 3 is 2.45 bits per heavy atom. The predicted molar refractivity (Wildman–Crippen MR) is 138 cm³/mol. The summed E-state index contributed by atoms with van der Waals surface area (Å²) in [6.45, 7) is 4.50. The Bertz CT molecular complexity index is 1620. The molecule has 0 radical (unpaired) electrons. The summed E-state index contributed by atoms with van der Waals surface area (Å²) in [5, 5.41) is 30.2. The van der Waals surface area contributed by atoms with Crippen molar-refractivity contribution in [3.63, 3.8) is 0 Å². The van der Waals surface area contributed by atoms with Crippen LogP contribution >= 0.6 is 0 Å². The zero-order valence-electron chi connectivity index (χ0n) is 21.0. The van der Waals surface area contributed by atoms with Crippen molar-refractivity contribution in [2.75, 3.05) is 13.7 Å². The van der Waals surface area contributed by atoms with Gasteiger partial charge in [-0.25, -0.2) is 0 Å². The number of rotatable bonds is 6. The number of benzene rings is 3. The van der Waals surface area contributed by atoms with Crippen molar-refractivity contribution in [3.05, 3.63) is 69.9 Å². The molecule has 1 aromatic heterocycles. The molecule has 2 heterocycles. The van der Waals surface area contributed by atoms with Crippen molar-refractivity contribution in [2.45, 2.75) is 26.2 Å². The molecular weight excluding hydrogens is 492 g/mol. The molecule has 0 saturated heterocycles. The lowest BCUT2D eigenvalue weighted by molar-refractivity contribution is -0.135. The standard InChI is InChI=1S/C29H26O9/c1-14(2)13-36-24-9-15(5-7-22(24)35-3)17-10-26(34)37-25-12-21(33)28-20(32)11-23(38-29(28)27(17)25)16-4-6-18(30)19(31)8-16/h4-9,11-12,14,17,30-31,33H,10,13H2,1-3H3/t17-/m1/s1. The molecule has 0 unspecified atom stereocenters. The Labute approximate surface area is 217 Å². The molecule has 1 atom stereocenters. The highest BCUT2D eigenvalue weighted by atomic mass is 16.5. The van der Waals surface area contributed by atoms with Crippen LogP contribution in [0.25, 0.3) is 22.3 Å². The molecule has 0 spiro atoms. The molecule has 4 aromatic rings. The molecule has 38 heavy (non-hydrogen) atoms. The minimum absolute atomic E-state index is 0.0449. The lowest BCUT2D eigenvalue weighted by atomic mass is 9.85. The zero-order chi connectivity index (χ0) is 27.1. The number of carbonyl (C=O) groups is 1. The normalized spacial score (nSPS) is 14.8. The van der Waals surface area contributed by atoms with Gasteiger partial charge in [0, 0.05) is 29.2 Å². The Morgan fingerprint density at radius 2 is 1.74 bits per heavy atom. The van der Waals surface area contributed by atoms with Crippen LogP contribution in [0.15, 0.2) is 57.7 Å². The van der Waals surface area contributed by atoms with Crippen molar-refractivity contribution in [2.24, 2.45) is 5.92 Å². The molecule has 1 aliphatic rings. The van der Waals surface area contributed by atoms with E-state index < -0.39 is 23.1 Å². The second kappa shape index (κ2) is 9.66. The van der Waals surface area contributed by atoms with E-state index in [-0.39, 0.29) is 46.3 Å². The van der Waals surface area contributed by atoms with Gasteiger partial charge in [0.15, 0.2) is 28.4 Å². The van der Waals surface area contributed by atoms with E-state index >= 15 is 0 Å². The molecule has 196 valence electrons. The summed E-state index contributed by atoms with van der Waals surface area (Å²) < 4.78 is 23.0. The number of methoxy groups -OCH3 is 1. The maximum Gasteiger partial charge on any atom is 0.312 e. The third-order valence-corrected chi connectivity index (χ3v) is 6.35. The van der Waals surface area contributed by atoms with Crippen LogP contribution in [0.5, 0.6) is 34.5 Å². The monoisotopic (exact) mass is 518 g/mol. The molecule has 9 heteroatoms. The van der Waals surface area contributed by atoms with Crippen molar-refractivity contribution in [3.8, 4) is 45.8 Å². The van der Waals surface area contributed by atoms with E-state index in [1.54, 1.807) is 18.2 Å². The van der Waals surface area contributed by atoms with Crippen LogP contribution in [0.4, 0.5) is 0 Å². The van der Waals surface area contributed by atoms with Crippen LogP contribution < -0.4 is 19.6 Å². The van der Waals surface area contributed by atoms with Gasteiger partial charge in [0.1, 0.15) is 28.2 Å². The molecule has 3 N–H and O–H groups in total. The van der Waals surface area contributed by atoms with Crippen LogP contribution in [-0.4, -0.2) is 35.0 Å². The highest BCUT2D eigenvalue weighted by Gasteiger charge is 2.34. The van der Waals surface area contributed by atoms with Gasteiger partial charge in [-0.1, -0.05) is 19.9 Å². The molecule has 0 fully saturated rings. The first-order chi connectivity index (χ1) is 18.2. The number of esters is 1. The van der Waals surface area contributed by atoms with Gasteiger partial charge in [-0.05, 0) is 41.8 Å². The molecule has 1 aliphatic heterocycles. The van der Waals surface area contributed by atoms with Crippen LogP contribution in [0.2, 0.25) is 0 Å². The number of fused-ring (bicyclic) bond motifs is 3. The van der Waals surface area contributed by atoms with Gasteiger partial charge in [-0.2, -0.15) is 0 Å². The Hall–Kier alpha value is -4.66. The lowest BCUT2D eigenvalue weighted by Gasteiger charge is -2.26. The van der Waals surface area contributed by atoms with Gasteiger partial charge in [0.05, 0.1) is 20.1 Å². The minimum Gasteiger partial charge on any atom is -0.507 e. The summed E-state index contributed by atoms with van der Waals surface area (Å²) in [5.74, 6) is -0.728. The third-order valence-electron chi connectivity index (χ3n) is 6.35. The van der Waals surface area contributed by atoms with E-state index in [0.29, 0.717) is 34.8 Å². The summed E-state index contributed by atoms with van der Waals surface area (Å²) in [4.78, 5) is 25.8. The molecule has 5 rings (SSSR count). The van der Waals surface area contributed by atoms with Crippen molar-refractivity contribution >= 4 is 16.9 Å². The average Bonchev–Trinajstić information content (AvgIpc) is 2.87. The topological polar surface area (TPSA) is 136 Å². The number of hydrogen-bond donors (Lipinski definition) is 3. The SMILES string of the molecule is COc1ccc([C@H]2CC(=O)Oc3cc(O)c4c(=O)cc(-c5ccc(O)c(O)c5)oc4c32)cc1OCC(C)C. The van der Waals surface area contributed by atoms with Crippen LogP contribution in [0.3, 0.4) is 0 Å². The Kier molecular flexibility index (Phi) is 6.36. The van der Waals surface area contributed by atoms with Gasteiger partial charge in [0.25, 0.3) is 0 Å². The summed E-state index contributed by atoms with van der Waals surface area (Å²) in [6.07, 6.45) is -0.0449. The van der Waals surface area contributed by atoms with Gasteiger partial charge in [0.2, 0.25) is 0 Å². The lowest BCUT2D eigenvalue weighted by Crippen LogP contribution is -2.22. The third kappa shape index (κ3) is 4.47. The molecule has 9 nitrogen and oxygen atoms in total. The fraction of sp³-hybridized carbons (Fsp3) is 0.241. The van der Waals surface area contributed by atoms with E-state index in [0.717, 1.165) is 0 Å². The summed E-state index contributed by atoms with van der Waals surface area (Å²) in [6, 6.07) is 11.8. The van der Waals surface area contributed by atoms with E-state index in [2.05, 4.69) is 0 Å². The Balaban J connectivity index is 1.73. The van der Waals surface area contributed by atoms with Gasteiger partial charge < -0.3 is 33.9 Å². The second-order valence-corrected chi connectivity index (χ2v) is 9.54. The van der Waals surface area contributed by atoms with E-state index in [4.69, 9.17) is 18.6 Å². The van der Waals surface area contributed by atoms with E-state index in [9.17, 15) is 24.9 Å². The maximum atomic E-state index is 13.1. The van der Waals surface area contributed by atoms with Crippen molar-refractivity contribution in [1.82, 2.24) is 0 Å². The van der Waals surface area contributed by atoms with Crippen LogP contribution in [0.1, 0.15) is 37.3 Å². The van der Waals surface area contributed by atoms with Crippen molar-refractivity contribution in [1.29, 1.82) is 0 Å². The minimum atomic E-state index is -0.590. The number of phenols is 3. The summed E-state index contributed by atoms with van der Waals surface area (Å²) >= 11 is 0. The fourth-order valence-corrected chi connectivity index (χ4v) is 4.54. The largest absolute Gasteiger partial charge is 0.507 e. The average molecular weight is 519 g/mol. The smallest absolute Gasteiger partial charge is 0.312 e. The number of phenolic OH excluding ortho intramolecular Hbond substituents is 3. The van der Waals surface area contributed by atoms with Gasteiger partial charge in [-0.15, -0.1) is 0 Å². The van der Waals surface area contributed by atoms with Crippen LogP contribution in [-0.2, 0) is 4.79 Å². The molecule has 0 amide bonds. The van der Waals surface area contributed by atoms with E-state index in [1.165, 1.54) is 37.4 Å². The van der Waals surface area contributed by atoms with Gasteiger partial charge >= 0.3 is 5.97 Å². The predicted octanol–water partition coefficient (Wildman–Crippen LogP) is 5.06. The molecule has 3 aromatic carbocycles. The highest BCUT2D eigenvalue weighted by Crippen LogP contribution is 2.47. The second-order valence-electron chi connectivity index (χ2n) is 9.54. The first-order valence-electron chi connectivity index (χ1n) is 12.0. The molecule has 0 bridgehead atoms. The zero-order valence-corrected chi connectivity index (χ0v) is 21.0. The number of ether oxygens (including phenoxy) is 3. The molecule has 0 aliphatic carbocycles. The quantitative estimate of drug-likeness (QED) is 0.182. The molecule has 0 saturated carbocycles. The number of carbonyl (C=O) groups excluding carboxylic acids is 1. The summed E-state index contributed by atoms with van der Waals surface area (Å²) in [5.41, 5.74) is 0.965. The number of aromatic hydroxyl groups is 3. The van der Waals surface area contributed by atoms with Gasteiger partial charge in [-0.3, -0.25) is 9.59 Å². The van der Waals surface area contributed by atoms with E-state index in [1.807, 2.05) is 13.8 Å².